The van der Waals surface area contributed by atoms with Gasteiger partial charge in [0, 0.05) is 6.54 Å². The number of ether oxygens (including phenoxy) is 1. The summed E-state index contributed by atoms with van der Waals surface area (Å²) in [6.45, 7) is 7.25. The minimum atomic E-state index is -0.756. The van der Waals surface area contributed by atoms with Crippen LogP contribution in [0, 0.1) is 6.92 Å². The molecule has 1 atom stereocenters. The molecule has 0 fully saturated rings. The number of nitrogens with zero attached hydrogens (tertiary/aromatic N) is 2. The van der Waals surface area contributed by atoms with Gasteiger partial charge < -0.3 is 20.7 Å². The maximum atomic E-state index is 12.2. The minimum absolute atomic E-state index is 0.217. The number of rotatable bonds is 1. The molecule has 0 aliphatic carbocycles. The molecule has 8 heteroatoms. The molecular weight excluding hydrogens is 274 g/mol. The van der Waals surface area contributed by atoms with Crippen LogP contribution in [0.1, 0.15) is 26.5 Å². The molecule has 8 nitrogen and oxygen atoms in total. The third-order valence-corrected chi connectivity index (χ3v) is 2.77. The molecule has 0 spiro atoms. The number of alkyl carbamates (subject to hydrolysis) is 1. The van der Waals surface area contributed by atoms with Gasteiger partial charge in [-0.2, -0.15) is 0 Å². The van der Waals surface area contributed by atoms with Gasteiger partial charge in [0.25, 0.3) is 0 Å². The molecule has 0 saturated heterocycles. The molecule has 2 amide bonds. The van der Waals surface area contributed by atoms with Crippen molar-refractivity contribution in [1.29, 1.82) is 0 Å². The zero-order chi connectivity index (χ0) is 15.6. The van der Waals surface area contributed by atoms with E-state index in [0.717, 1.165) is 0 Å². The molecule has 1 aliphatic rings. The highest BCUT2D eigenvalue weighted by molar-refractivity contribution is 6.00. The van der Waals surface area contributed by atoms with Gasteiger partial charge in [0.15, 0.2) is 5.82 Å². The highest BCUT2D eigenvalue weighted by Gasteiger charge is 2.28. The van der Waals surface area contributed by atoms with E-state index in [-0.39, 0.29) is 12.5 Å². The van der Waals surface area contributed by atoms with Crippen LogP contribution in [0.4, 0.5) is 16.3 Å². The van der Waals surface area contributed by atoms with Gasteiger partial charge in [0.1, 0.15) is 23.7 Å². The Morgan fingerprint density at radius 1 is 1.43 bits per heavy atom. The summed E-state index contributed by atoms with van der Waals surface area (Å²) in [5.41, 5.74) is 0.554. The van der Waals surface area contributed by atoms with Gasteiger partial charge >= 0.3 is 6.09 Å². The molecule has 0 saturated carbocycles. The third-order valence-electron chi connectivity index (χ3n) is 2.77. The van der Waals surface area contributed by atoms with Gasteiger partial charge in [-0.15, -0.1) is 0 Å². The van der Waals surface area contributed by atoms with Crippen LogP contribution in [-0.2, 0) is 9.53 Å². The number of nitrogens with one attached hydrogen (secondary N) is 3. The summed E-state index contributed by atoms with van der Waals surface area (Å²) in [7, 11) is 0. The second-order valence-corrected chi connectivity index (χ2v) is 5.75. The van der Waals surface area contributed by atoms with Crippen LogP contribution in [0.3, 0.4) is 0 Å². The van der Waals surface area contributed by atoms with E-state index in [9.17, 15) is 9.59 Å². The van der Waals surface area contributed by atoms with Crippen LogP contribution in [0.2, 0.25) is 0 Å². The molecule has 0 radical (unpaired) electrons. The standard InChI is InChI=1S/C13H19N5O3/c1-7-9-10(16-6-15-7)14-5-8(11(19)18-9)17-12(20)21-13(2,3)4/h6,8H,5H2,1-4H3,(H,17,20)(H,18,19)(H,14,15,16)/t8-/m0/s1. The molecule has 1 aromatic heterocycles. The SMILES string of the molecule is Cc1ncnc2c1NC(=O)[C@@H](NC(=O)OC(C)(C)C)CN2. The molecule has 0 bridgehead atoms. The highest BCUT2D eigenvalue weighted by atomic mass is 16.6. The Balaban J connectivity index is 2.07. The fraction of sp³-hybridized carbons (Fsp3) is 0.538. The van der Waals surface area contributed by atoms with E-state index in [1.54, 1.807) is 27.7 Å². The van der Waals surface area contributed by atoms with Crippen molar-refractivity contribution in [2.45, 2.75) is 39.3 Å². The van der Waals surface area contributed by atoms with Gasteiger partial charge in [-0.3, -0.25) is 4.79 Å². The Morgan fingerprint density at radius 2 is 2.14 bits per heavy atom. The molecule has 114 valence electrons. The number of amides is 2. The lowest BCUT2D eigenvalue weighted by atomic mass is 10.2. The third kappa shape index (κ3) is 3.80. The second-order valence-electron chi connectivity index (χ2n) is 5.75. The van der Waals surface area contributed by atoms with Crippen molar-refractivity contribution >= 4 is 23.5 Å². The number of carbonyl (C=O) groups excluding carboxylic acids is 2. The summed E-state index contributed by atoms with van der Waals surface area (Å²) in [5, 5.41) is 8.26. The van der Waals surface area contributed by atoms with Gasteiger partial charge in [-0.1, -0.05) is 0 Å². The Kier molecular flexibility index (Phi) is 3.97. The first-order valence-corrected chi connectivity index (χ1v) is 6.62. The maximum Gasteiger partial charge on any atom is 0.408 e. The number of aryl methyl sites for hydroxylation is 1. The monoisotopic (exact) mass is 293 g/mol. The van der Waals surface area contributed by atoms with Crippen LogP contribution < -0.4 is 16.0 Å². The number of carbonyl (C=O) groups is 2. The lowest BCUT2D eigenvalue weighted by Gasteiger charge is -2.22. The van der Waals surface area contributed by atoms with E-state index in [4.69, 9.17) is 4.74 Å². The normalized spacial score (nSPS) is 17.9. The molecule has 2 heterocycles. The number of aromatic nitrogens is 2. The summed E-state index contributed by atoms with van der Waals surface area (Å²) in [6.07, 6.45) is 0.771. The zero-order valence-electron chi connectivity index (χ0n) is 12.5. The largest absolute Gasteiger partial charge is 0.444 e. The molecule has 1 aliphatic heterocycles. The Labute approximate surface area is 122 Å². The van der Waals surface area contributed by atoms with Crippen LogP contribution >= 0.6 is 0 Å². The average Bonchev–Trinajstić information content (AvgIpc) is 2.49. The maximum absolute atomic E-state index is 12.2. The van der Waals surface area contributed by atoms with E-state index >= 15 is 0 Å². The predicted octanol–water partition coefficient (Wildman–Crippen LogP) is 1.04. The highest BCUT2D eigenvalue weighted by Crippen LogP contribution is 2.23. The first kappa shape index (κ1) is 15.0. The fourth-order valence-electron chi connectivity index (χ4n) is 1.83. The quantitative estimate of drug-likeness (QED) is 0.714. The van der Waals surface area contributed by atoms with E-state index in [2.05, 4.69) is 25.9 Å². The van der Waals surface area contributed by atoms with Crippen LogP contribution in [0.15, 0.2) is 6.33 Å². The molecule has 21 heavy (non-hydrogen) atoms. The average molecular weight is 293 g/mol. The number of hydrogen-bond acceptors (Lipinski definition) is 6. The molecule has 2 rings (SSSR count). The second kappa shape index (κ2) is 5.55. The van der Waals surface area contributed by atoms with Gasteiger partial charge in [-0.05, 0) is 27.7 Å². The first-order chi connectivity index (χ1) is 9.76. The summed E-state index contributed by atoms with van der Waals surface area (Å²) in [4.78, 5) is 32.0. The molecule has 3 N–H and O–H groups in total. The fourth-order valence-corrected chi connectivity index (χ4v) is 1.83. The molecule has 0 unspecified atom stereocenters. The summed E-state index contributed by atoms with van der Waals surface area (Å²) >= 11 is 0. The lowest BCUT2D eigenvalue weighted by Crippen LogP contribution is -2.48. The number of fused-ring (bicyclic) bond motifs is 1. The van der Waals surface area contributed by atoms with E-state index in [0.29, 0.717) is 17.2 Å². The Hall–Kier alpha value is -2.38. The zero-order valence-corrected chi connectivity index (χ0v) is 12.5. The summed E-state index contributed by atoms with van der Waals surface area (Å²) < 4.78 is 5.14. The van der Waals surface area contributed by atoms with Crippen molar-refractivity contribution in [1.82, 2.24) is 15.3 Å². The van der Waals surface area contributed by atoms with Crippen molar-refractivity contribution in [2.24, 2.45) is 0 Å². The van der Waals surface area contributed by atoms with Crippen molar-refractivity contribution in [3.05, 3.63) is 12.0 Å². The number of hydrogen-bond donors (Lipinski definition) is 3. The molecule has 1 aromatic rings. The lowest BCUT2D eigenvalue weighted by molar-refractivity contribution is -0.117. The Bertz CT molecular complexity index is 567. The Morgan fingerprint density at radius 3 is 2.81 bits per heavy atom. The summed E-state index contributed by atoms with van der Waals surface area (Å²) in [5.74, 6) is 0.189. The van der Waals surface area contributed by atoms with Crippen molar-refractivity contribution in [3.8, 4) is 0 Å². The van der Waals surface area contributed by atoms with Gasteiger partial charge in [0.2, 0.25) is 5.91 Å². The van der Waals surface area contributed by atoms with Gasteiger partial charge in [-0.25, -0.2) is 14.8 Å². The van der Waals surface area contributed by atoms with Crippen LogP contribution in [-0.4, -0.2) is 40.2 Å². The molecular formula is C13H19N5O3. The smallest absolute Gasteiger partial charge is 0.408 e. The van der Waals surface area contributed by atoms with Crippen LogP contribution in [0.25, 0.3) is 0 Å². The van der Waals surface area contributed by atoms with Gasteiger partial charge in [0.05, 0.1) is 5.69 Å². The van der Waals surface area contributed by atoms with Crippen molar-refractivity contribution in [2.75, 3.05) is 17.2 Å². The van der Waals surface area contributed by atoms with E-state index in [1.807, 2.05) is 0 Å². The minimum Gasteiger partial charge on any atom is -0.444 e. The molecule has 0 aromatic carbocycles. The van der Waals surface area contributed by atoms with Crippen molar-refractivity contribution < 1.29 is 14.3 Å². The predicted molar refractivity (Wildman–Crippen MR) is 77.0 cm³/mol. The van der Waals surface area contributed by atoms with E-state index < -0.39 is 17.7 Å². The number of anilines is 2. The van der Waals surface area contributed by atoms with Crippen molar-refractivity contribution in [3.63, 3.8) is 0 Å². The summed E-state index contributed by atoms with van der Waals surface area (Å²) in [6, 6.07) is -0.756. The first-order valence-electron chi connectivity index (χ1n) is 6.62. The van der Waals surface area contributed by atoms with Crippen LogP contribution in [0.5, 0.6) is 0 Å². The van der Waals surface area contributed by atoms with E-state index in [1.165, 1.54) is 6.33 Å². The topological polar surface area (TPSA) is 105 Å².